The molecule has 3 nitrogen and oxygen atoms in total. The number of anilines is 1. The van der Waals surface area contributed by atoms with Crippen molar-refractivity contribution in [2.75, 3.05) is 18.0 Å². The Morgan fingerprint density at radius 1 is 1.47 bits per heavy atom. The number of aliphatic hydroxyl groups is 1. The molecule has 0 saturated carbocycles. The second kappa shape index (κ2) is 4.62. The number of nitrogens with zero attached hydrogens (tertiary/aromatic N) is 2. The topological polar surface area (TPSA) is 36.4 Å². The summed E-state index contributed by atoms with van der Waals surface area (Å²) in [6.45, 7) is 4.49. The van der Waals surface area contributed by atoms with Crippen LogP contribution in [0.5, 0.6) is 0 Å². The molecule has 1 N–H and O–H groups in total. The van der Waals surface area contributed by atoms with Gasteiger partial charge in [0.1, 0.15) is 5.82 Å². The second-order valence-corrected chi connectivity index (χ2v) is 4.31. The van der Waals surface area contributed by atoms with E-state index in [9.17, 15) is 5.11 Å². The predicted octanol–water partition coefficient (Wildman–Crippen LogP) is 1.81. The number of hydrogen-bond acceptors (Lipinski definition) is 3. The van der Waals surface area contributed by atoms with E-state index >= 15 is 0 Å². The van der Waals surface area contributed by atoms with Crippen molar-refractivity contribution in [2.24, 2.45) is 5.92 Å². The lowest BCUT2D eigenvalue weighted by Crippen LogP contribution is -2.34. The molecule has 1 saturated heterocycles. The van der Waals surface area contributed by atoms with Crippen LogP contribution in [0.15, 0.2) is 18.3 Å². The standard InChI is InChI=1S/C12H18N2O/c1-10-4-7-14(8-5-10)12-11(9-15)3-2-6-13-12/h2-3,6,10,15H,4-5,7-9H2,1H3. The van der Waals surface area contributed by atoms with E-state index in [0.717, 1.165) is 30.4 Å². The van der Waals surface area contributed by atoms with Crippen LogP contribution in [0.25, 0.3) is 0 Å². The zero-order chi connectivity index (χ0) is 10.7. The van der Waals surface area contributed by atoms with Gasteiger partial charge in [-0.25, -0.2) is 4.98 Å². The van der Waals surface area contributed by atoms with Gasteiger partial charge in [-0.2, -0.15) is 0 Å². The molecule has 82 valence electrons. The summed E-state index contributed by atoms with van der Waals surface area (Å²) in [4.78, 5) is 6.65. The van der Waals surface area contributed by atoms with Gasteiger partial charge in [-0.1, -0.05) is 13.0 Å². The molecule has 0 radical (unpaired) electrons. The van der Waals surface area contributed by atoms with Crippen LogP contribution in [0.1, 0.15) is 25.3 Å². The molecule has 1 aliphatic rings. The number of piperidine rings is 1. The van der Waals surface area contributed by atoms with Gasteiger partial charge in [0.05, 0.1) is 6.61 Å². The van der Waals surface area contributed by atoms with Crippen molar-refractivity contribution < 1.29 is 5.11 Å². The summed E-state index contributed by atoms with van der Waals surface area (Å²) < 4.78 is 0. The maximum absolute atomic E-state index is 9.23. The zero-order valence-corrected chi connectivity index (χ0v) is 9.19. The summed E-state index contributed by atoms with van der Waals surface area (Å²) in [5.41, 5.74) is 0.937. The molecule has 0 unspecified atom stereocenters. The van der Waals surface area contributed by atoms with Gasteiger partial charge in [0.25, 0.3) is 0 Å². The van der Waals surface area contributed by atoms with E-state index in [2.05, 4.69) is 16.8 Å². The van der Waals surface area contributed by atoms with Gasteiger partial charge in [0, 0.05) is 24.8 Å². The van der Waals surface area contributed by atoms with Crippen molar-refractivity contribution in [3.63, 3.8) is 0 Å². The van der Waals surface area contributed by atoms with E-state index < -0.39 is 0 Å². The van der Waals surface area contributed by atoms with E-state index in [1.54, 1.807) is 6.20 Å². The lowest BCUT2D eigenvalue weighted by Gasteiger charge is -2.32. The Hall–Kier alpha value is -1.09. The highest BCUT2D eigenvalue weighted by molar-refractivity contribution is 5.46. The quantitative estimate of drug-likeness (QED) is 0.801. The average molecular weight is 206 g/mol. The molecule has 15 heavy (non-hydrogen) atoms. The van der Waals surface area contributed by atoms with Crippen molar-refractivity contribution in [3.05, 3.63) is 23.9 Å². The molecule has 2 rings (SSSR count). The van der Waals surface area contributed by atoms with Gasteiger partial charge in [-0.3, -0.25) is 0 Å². The summed E-state index contributed by atoms with van der Waals surface area (Å²) >= 11 is 0. The van der Waals surface area contributed by atoms with E-state index in [-0.39, 0.29) is 6.61 Å². The molecule has 0 aromatic carbocycles. The third kappa shape index (κ3) is 2.29. The van der Waals surface area contributed by atoms with Crippen LogP contribution in [0.2, 0.25) is 0 Å². The summed E-state index contributed by atoms with van der Waals surface area (Å²) in [7, 11) is 0. The molecule has 0 bridgehead atoms. The molecule has 1 aliphatic heterocycles. The lowest BCUT2D eigenvalue weighted by atomic mass is 9.99. The molecular formula is C12H18N2O. The molecule has 2 heterocycles. The average Bonchev–Trinajstić information content (AvgIpc) is 2.30. The highest BCUT2D eigenvalue weighted by Crippen LogP contribution is 2.23. The largest absolute Gasteiger partial charge is 0.392 e. The normalized spacial score (nSPS) is 18.1. The van der Waals surface area contributed by atoms with Gasteiger partial charge >= 0.3 is 0 Å². The minimum absolute atomic E-state index is 0.0786. The Bertz CT molecular complexity index is 319. The maximum Gasteiger partial charge on any atom is 0.134 e. The van der Waals surface area contributed by atoms with Gasteiger partial charge < -0.3 is 10.0 Å². The first-order valence-electron chi connectivity index (χ1n) is 5.61. The molecule has 0 spiro atoms. The van der Waals surface area contributed by atoms with Crippen molar-refractivity contribution >= 4 is 5.82 Å². The number of aliphatic hydroxyl groups excluding tert-OH is 1. The van der Waals surface area contributed by atoms with Crippen molar-refractivity contribution in [2.45, 2.75) is 26.4 Å². The van der Waals surface area contributed by atoms with Crippen molar-refractivity contribution in [1.29, 1.82) is 0 Å². The smallest absolute Gasteiger partial charge is 0.134 e. The molecular weight excluding hydrogens is 188 g/mol. The van der Waals surface area contributed by atoms with Crippen molar-refractivity contribution in [3.8, 4) is 0 Å². The lowest BCUT2D eigenvalue weighted by molar-refractivity contribution is 0.281. The van der Waals surface area contributed by atoms with Gasteiger partial charge in [-0.15, -0.1) is 0 Å². The van der Waals surface area contributed by atoms with Crippen LogP contribution < -0.4 is 4.90 Å². The van der Waals surface area contributed by atoms with Crippen LogP contribution in [-0.2, 0) is 6.61 Å². The molecule has 0 amide bonds. The third-order valence-corrected chi connectivity index (χ3v) is 3.12. The number of hydrogen-bond donors (Lipinski definition) is 1. The molecule has 0 atom stereocenters. The first-order valence-corrected chi connectivity index (χ1v) is 5.61. The van der Waals surface area contributed by atoms with Crippen LogP contribution in [-0.4, -0.2) is 23.2 Å². The summed E-state index contributed by atoms with van der Waals surface area (Å²) in [6, 6.07) is 3.82. The fourth-order valence-corrected chi connectivity index (χ4v) is 2.06. The number of pyridine rings is 1. The fourth-order valence-electron chi connectivity index (χ4n) is 2.06. The molecule has 3 heteroatoms. The first kappa shape index (κ1) is 10.4. The first-order chi connectivity index (χ1) is 7.31. The van der Waals surface area contributed by atoms with Crippen LogP contribution in [0.4, 0.5) is 5.82 Å². The van der Waals surface area contributed by atoms with Gasteiger partial charge in [0.15, 0.2) is 0 Å². The Morgan fingerprint density at radius 3 is 2.87 bits per heavy atom. The Labute approximate surface area is 90.8 Å². The Morgan fingerprint density at radius 2 is 2.20 bits per heavy atom. The molecule has 1 fully saturated rings. The number of aromatic nitrogens is 1. The Kier molecular flexibility index (Phi) is 3.21. The monoisotopic (exact) mass is 206 g/mol. The SMILES string of the molecule is CC1CCN(c2ncccc2CO)CC1. The summed E-state index contributed by atoms with van der Waals surface area (Å²) in [6.07, 6.45) is 4.25. The molecule has 1 aromatic rings. The minimum atomic E-state index is 0.0786. The van der Waals surface area contributed by atoms with E-state index in [4.69, 9.17) is 0 Å². The van der Waals surface area contributed by atoms with Crippen LogP contribution >= 0.6 is 0 Å². The maximum atomic E-state index is 9.23. The van der Waals surface area contributed by atoms with Crippen LogP contribution in [0, 0.1) is 5.92 Å². The second-order valence-electron chi connectivity index (χ2n) is 4.31. The fraction of sp³-hybridized carbons (Fsp3) is 0.583. The molecule has 0 aliphatic carbocycles. The Balaban J connectivity index is 2.15. The van der Waals surface area contributed by atoms with E-state index in [1.165, 1.54) is 12.8 Å². The zero-order valence-electron chi connectivity index (χ0n) is 9.19. The highest BCUT2D eigenvalue weighted by atomic mass is 16.3. The predicted molar refractivity (Wildman–Crippen MR) is 60.8 cm³/mol. The third-order valence-electron chi connectivity index (χ3n) is 3.12. The molecule has 1 aromatic heterocycles. The van der Waals surface area contributed by atoms with Gasteiger partial charge in [0.2, 0.25) is 0 Å². The van der Waals surface area contributed by atoms with Gasteiger partial charge in [-0.05, 0) is 24.8 Å². The van der Waals surface area contributed by atoms with E-state index in [0.29, 0.717) is 0 Å². The summed E-state index contributed by atoms with van der Waals surface area (Å²) in [5.74, 6) is 1.79. The van der Waals surface area contributed by atoms with E-state index in [1.807, 2.05) is 12.1 Å². The number of rotatable bonds is 2. The highest BCUT2D eigenvalue weighted by Gasteiger charge is 2.18. The van der Waals surface area contributed by atoms with Crippen molar-refractivity contribution in [1.82, 2.24) is 4.98 Å². The summed E-state index contributed by atoms with van der Waals surface area (Å²) in [5, 5.41) is 9.23. The minimum Gasteiger partial charge on any atom is -0.392 e. The van der Waals surface area contributed by atoms with Crippen LogP contribution in [0.3, 0.4) is 0 Å².